The van der Waals surface area contributed by atoms with Crippen LogP contribution < -0.4 is 5.32 Å². The molecule has 3 aliphatic carbocycles. The van der Waals surface area contributed by atoms with E-state index in [-0.39, 0.29) is 5.60 Å². The van der Waals surface area contributed by atoms with E-state index in [1.807, 2.05) is 0 Å². The lowest BCUT2D eigenvalue weighted by Crippen LogP contribution is -2.41. The van der Waals surface area contributed by atoms with Crippen molar-refractivity contribution in [2.24, 2.45) is 5.92 Å². The minimum atomic E-state index is -0.271. The largest absolute Gasteiger partial charge is 0.390 e. The SMILES string of the molecule is CN1CCC(NC2CC3(O)CC2C3)C1. The van der Waals surface area contributed by atoms with Gasteiger partial charge in [-0.2, -0.15) is 0 Å². The molecule has 0 aromatic carbocycles. The lowest BCUT2D eigenvalue weighted by Gasteiger charge is -2.33. The third-order valence-corrected chi connectivity index (χ3v) is 4.29. The highest BCUT2D eigenvalue weighted by Crippen LogP contribution is 2.51. The summed E-state index contributed by atoms with van der Waals surface area (Å²) < 4.78 is 0. The normalized spacial score (nSPS) is 52.3. The Balaban J connectivity index is 1.54. The highest BCUT2D eigenvalue weighted by molar-refractivity contribution is 5.10. The number of hydrogen-bond donors (Lipinski definition) is 2. The van der Waals surface area contributed by atoms with Gasteiger partial charge in [0.05, 0.1) is 5.60 Å². The van der Waals surface area contributed by atoms with E-state index in [4.69, 9.17) is 0 Å². The Hall–Kier alpha value is -0.120. The molecule has 80 valence electrons. The topological polar surface area (TPSA) is 35.5 Å². The van der Waals surface area contributed by atoms with Gasteiger partial charge in [0, 0.05) is 18.6 Å². The standard InChI is InChI=1S/C11H20N2O/c1-13-3-2-9(7-13)12-10-6-11(14)4-8(10)5-11/h8-10,12,14H,2-7H2,1H3. The summed E-state index contributed by atoms with van der Waals surface area (Å²) in [7, 11) is 2.18. The molecule has 0 amide bonds. The van der Waals surface area contributed by atoms with E-state index in [1.54, 1.807) is 0 Å². The zero-order chi connectivity index (χ0) is 9.76. The second-order valence-corrected chi connectivity index (χ2v) is 5.62. The van der Waals surface area contributed by atoms with Gasteiger partial charge in [-0.1, -0.05) is 0 Å². The fourth-order valence-corrected chi connectivity index (χ4v) is 3.51. The lowest BCUT2D eigenvalue weighted by molar-refractivity contribution is -0.0207. The Morgan fingerprint density at radius 1 is 1.36 bits per heavy atom. The van der Waals surface area contributed by atoms with Gasteiger partial charge in [0.15, 0.2) is 0 Å². The number of nitrogens with zero attached hydrogens (tertiary/aromatic N) is 1. The molecule has 0 spiro atoms. The molecule has 4 fully saturated rings. The van der Waals surface area contributed by atoms with Crippen LogP contribution in [0, 0.1) is 5.92 Å². The maximum absolute atomic E-state index is 9.91. The monoisotopic (exact) mass is 196 g/mol. The first-order valence-corrected chi connectivity index (χ1v) is 5.82. The van der Waals surface area contributed by atoms with Crippen LogP contribution in [0.2, 0.25) is 0 Å². The average molecular weight is 196 g/mol. The Kier molecular flexibility index (Phi) is 1.92. The zero-order valence-corrected chi connectivity index (χ0v) is 8.87. The van der Waals surface area contributed by atoms with Crippen molar-refractivity contribution in [1.29, 1.82) is 0 Å². The van der Waals surface area contributed by atoms with Crippen molar-refractivity contribution in [3.05, 3.63) is 0 Å². The fraction of sp³-hybridized carbons (Fsp3) is 1.00. The van der Waals surface area contributed by atoms with Crippen LogP contribution in [-0.4, -0.2) is 47.8 Å². The predicted octanol–water partition coefficient (Wildman–Crippen LogP) is 0.193. The minimum Gasteiger partial charge on any atom is -0.390 e. The molecule has 2 unspecified atom stereocenters. The number of aliphatic hydroxyl groups is 1. The average Bonchev–Trinajstić information content (AvgIpc) is 2.65. The molecular formula is C11H20N2O. The van der Waals surface area contributed by atoms with Gasteiger partial charge in [0.25, 0.3) is 0 Å². The molecule has 2 atom stereocenters. The van der Waals surface area contributed by atoms with Gasteiger partial charge < -0.3 is 15.3 Å². The predicted molar refractivity (Wildman–Crippen MR) is 55.1 cm³/mol. The summed E-state index contributed by atoms with van der Waals surface area (Å²) in [6.07, 6.45) is 4.37. The van der Waals surface area contributed by atoms with E-state index in [1.165, 1.54) is 19.5 Å². The quantitative estimate of drug-likeness (QED) is 0.662. The first kappa shape index (κ1) is 9.13. The van der Waals surface area contributed by atoms with Crippen LogP contribution in [-0.2, 0) is 0 Å². The molecular weight excluding hydrogens is 176 g/mol. The van der Waals surface area contributed by atoms with Crippen LogP contribution in [0.3, 0.4) is 0 Å². The maximum Gasteiger partial charge on any atom is 0.0669 e. The van der Waals surface area contributed by atoms with Crippen molar-refractivity contribution in [3.8, 4) is 0 Å². The van der Waals surface area contributed by atoms with Crippen molar-refractivity contribution >= 4 is 0 Å². The number of likely N-dealkylation sites (tertiary alicyclic amines) is 1. The van der Waals surface area contributed by atoms with Crippen LogP contribution in [0.5, 0.6) is 0 Å². The van der Waals surface area contributed by atoms with Gasteiger partial charge in [0.2, 0.25) is 0 Å². The molecule has 3 saturated carbocycles. The maximum atomic E-state index is 9.91. The molecule has 2 bridgehead atoms. The molecule has 1 aliphatic heterocycles. The lowest BCUT2D eigenvalue weighted by atomic mass is 9.80. The number of likely N-dealkylation sites (N-methyl/N-ethyl adjacent to an activating group) is 1. The Bertz CT molecular complexity index is 237. The van der Waals surface area contributed by atoms with Crippen molar-refractivity contribution in [2.45, 2.75) is 43.4 Å². The van der Waals surface area contributed by atoms with Crippen LogP contribution in [0.15, 0.2) is 0 Å². The Labute approximate surface area is 85.5 Å². The fourth-order valence-electron chi connectivity index (χ4n) is 3.51. The van der Waals surface area contributed by atoms with Crippen molar-refractivity contribution < 1.29 is 5.11 Å². The van der Waals surface area contributed by atoms with Gasteiger partial charge in [-0.15, -0.1) is 0 Å². The van der Waals surface area contributed by atoms with E-state index < -0.39 is 0 Å². The highest BCUT2D eigenvalue weighted by Gasteiger charge is 2.55. The molecule has 2 N–H and O–H groups in total. The van der Waals surface area contributed by atoms with Crippen LogP contribution in [0.25, 0.3) is 0 Å². The summed E-state index contributed by atoms with van der Waals surface area (Å²) in [6, 6.07) is 1.28. The molecule has 1 saturated heterocycles. The van der Waals surface area contributed by atoms with Gasteiger partial charge >= 0.3 is 0 Å². The molecule has 0 aromatic rings. The first-order chi connectivity index (χ1) is 6.65. The molecule has 3 nitrogen and oxygen atoms in total. The van der Waals surface area contributed by atoms with Crippen LogP contribution >= 0.6 is 0 Å². The van der Waals surface area contributed by atoms with E-state index >= 15 is 0 Å². The molecule has 3 heteroatoms. The van der Waals surface area contributed by atoms with Gasteiger partial charge in [0.1, 0.15) is 0 Å². The third-order valence-electron chi connectivity index (χ3n) is 4.29. The van der Waals surface area contributed by atoms with Crippen molar-refractivity contribution in [1.82, 2.24) is 10.2 Å². The van der Waals surface area contributed by atoms with E-state index in [2.05, 4.69) is 17.3 Å². The summed E-state index contributed by atoms with van der Waals surface area (Å²) in [4.78, 5) is 2.38. The van der Waals surface area contributed by atoms with E-state index in [0.717, 1.165) is 25.2 Å². The molecule has 1 heterocycles. The number of nitrogens with one attached hydrogen (secondary N) is 1. The van der Waals surface area contributed by atoms with Crippen LogP contribution in [0.1, 0.15) is 25.7 Å². The number of hydrogen-bond acceptors (Lipinski definition) is 3. The Morgan fingerprint density at radius 3 is 2.64 bits per heavy atom. The molecule has 4 rings (SSSR count). The summed E-state index contributed by atoms with van der Waals surface area (Å²) in [5, 5.41) is 13.6. The van der Waals surface area contributed by atoms with E-state index in [9.17, 15) is 5.11 Å². The summed E-state index contributed by atoms with van der Waals surface area (Å²) in [5.74, 6) is 0.769. The summed E-state index contributed by atoms with van der Waals surface area (Å²) in [5.41, 5.74) is -0.271. The molecule has 0 radical (unpaired) electrons. The van der Waals surface area contributed by atoms with Crippen molar-refractivity contribution in [2.75, 3.05) is 20.1 Å². The Morgan fingerprint density at radius 2 is 2.14 bits per heavy atom. The van der Waals surface area contributed by atoms with Gasteiger partial charge in [-0.3, -0.25) is 0 Å². The van der Waals surface area contributed by atoms with Crippen LogP contribution in [0.4, 0.5) is 0 Å². The van der Waals surface area contributed by atoms with E-state index in [0.29, 0.717) is 12.1 Å². The molecule has 0 aromatic heterocycles. The molecule has 14 heavy (non-hydrogen) atoms. The minimum absolute atomic E-state index is 0.271. The smallest absolute Gasteiger partial charge is 0.0669 e. The highest BCUT2D eigenvalue weighted by atomic mass is 16.3. The second-order valence-electron chi connectivity index (χ2n) is 5.62. The zero-order valence-electron chi connectivity index (χ0n) is 8.87. The summed E-state index contributed by atoms with van der Waals surface area (Å²) in [6.45, 7) is 2.40. The summed E-state index contributed by atoms with van der Waals surface area (Å²) >= 11 is 0. The van der Waals surface area contributed by atoms with Crippen molar-refractivity contribution in [3.63, 3.8) is 0 Å². The van der Waals surface area contributed by atoms with Gasteiger partial charge in [-0.25, -0.2) is 0 Å². The second kappa shape index (κ2) is 2.94. The molecule has 4 aliphatic rings. The number of fused-ring (bicyclic) bond motifs is 1. The number of rotatable bonds is 2. The first-order valence-electron chi connectivity index (χ1n) is 5.82. The third kappa shape index (κ3) is 1.38. The van der Waals surface area contributed by atoms with Gasteiger partial charge in [-0.05, 0) is 45.2 Å².